The van der Waals surface area contributed by atoms with Gasteiger partial charge in [0.1, 0.15) is 0 Å². The van der Waals surface area contributed by atoms with Crippen LogP contribution in [0.2, 0.25) is 0 Å². The number of hydrogen-bond donors (Lipinski definition) is 0. The summed E-state index contributed by atoms with van der Waals surface area (Å²) in [5.74, 6) is 0. The molecule has 0 amide bonds. The molecule has 34 heavy (non-hydrogen) atoms. The molecule has 2 aromatic carbocycles. The van der Waals surface area contributed by atoms with Crippen LogP contribution in [0.4, 0.5) is 0 Å². The van der Waals surface area contributed by atoms with Crippen LogP contribution < -0.4 is 28.1 Å². The molecule has 0 radical (unpaired) electrons. The molecule has 1 nitrogen and oxygen atoms in total. The minimum atomic E-state index is -0.973. The van der Waals surface area contributed by atoms with Crippen LogP contribution in [0.5, 0.6) is 0 Å². The molecule has 2 aliphatic carbocycles. The largest absolute Gasteiger partial charge is 1.00 e. The summed E-state index contributed by atoms with van der Waals surface area (Å²) in [6, 6.07) is 14.1. The van der Waals surface area contributed by atoms with Crippen molar-refractivity contribution in [3.8, 4) is 11.1 Å². The van der Waals surface area contributed by atoms with E-state index in [0.717, 1.165) is 12.8 Å². The number of furan rings is 1. The van der Waals surface area contributed by atoms with Gasteiger partial charge in [0.15, 0.2) is 0 Å². The molecule has 5 rings (SSSR count). The van der Waals surface area contributed by atoms with E-state index in [0.29, 0.717) is 0 Å². The van der Waals surface area contributed by atoms with Crippen molar-refractivity contribution in [1.29, 1.82) is 0 Å². The summed E-state index contributed by atoms with van der Waals surface area (Å²) in [6.07, 6.45) is 10.5. The van der Waals surface area contributed by atoms with Crippen molar-refractivity contribution >= 4 is 8.84 Å². The van der Waals surface area contributed by atoms with E-state index in [9.17, 15) is 0 Å². The van der Waals surface area contributed by atoms with Gasteiger partial charge in [-0.25, -0.2) is 0 Å². The van der Waals surface area contributed by atoms with E-state index in [1.807, 2.05) is 6.26 Å². The Hall–Kier alpha value is -1.34. The Bertz CT molecular complexity index is 1250. The van der Waals surface area contributed by atoms with Gasteiger partial charge in [0.2, 0.25) is 0 Å². The molecule has 0 bridgehead atoms. The Morgan fingerprint density at radius 1 is 0.853 bits per heavy atom. The second-order valence-corrected chi connectivity index (χ2v) is 14.5. The molecule has 0 unspecified atom stereocenters. The van der Waals surface area contributed by atoms with Crippen LogP contribution in [-0.4, -0.2) is 0 Å². The first kappa shape index (κ1) is 27.3. The summed E-state index contributed by atoms with van der Waals surface area (Å²) in [7, 11) is 0. The molecule has 176 valence electrons. The number of allylic oxidation sites excluding steroid dienone is 4. The van der Waals surface area contributed by atoms with Gasteiger partial charge in [-0.15, -0.1) is 0 Å². The third kappa shape index (κ3) is 4.97. The van der Waals surface area contributed by atoms with Crippen molar-refractivity contribution in [3.63, 3.8) is 0 Å². The molecule has 4 heteroatoms. The van der Waals surface area contributed by atoms with Gasteiger partial charge < -0.3 is 24.8 Å². The van der Waals surface area contributed by atoms with E-state index in [-0.39, 0.29) is 35.6 Å². The Kier molecular flexibility index (Phi) is 7.99. The van der Waals surface area contributed by atoms with Crippen LogP contribution in [0.15, 0.2) is 68.8 Å². The Labute approximate surface area is 228 Å². The van der Waals surface area contributed by atoms with Gasteiger partial charge in [0.05, 0.1) is 0 Å². The molecule has 0 N–H and O–H groups in total. The Morgan fingerprint density at radius 3 is 2.24 bits per heavy atom. The minimum Gasteiger partial charge on any atom is -1.00 e. The van der Waals surface area contributed by atoms with E-state index >= 15 is 0 Å². The number of rotatable bonds is 3. The summed E-state index contributed by atoms with van der Waals surface area (Å²) in [5, 5.41) is 0. The van der Waals surface area contributed by atoms with Crippen molar-refractivity contribution in [2.24, 2.45) is 0 Å². The summed E-state index contributed by atoms with van der Waals surface area (Å²) in [6.45, 7) is 14.0. The fourth-order valence-corrected chi connectivity index (χ4v) is 9.52. The number of halogens is 2. The summed E-state index contributed by atoms with van der Waals surface area (Å²) >= 11 is -0.973. The maximum Gasteiger partial charge on any atom is -1.00 e. The predicted molar refractivity (Wildman–Crippen MR) is 131 cm³/mol. The summed E-state index contributed by atoms with van der Waals surface area (Å²) < 4.78 is 8.78. The molecule has 2 aliphatic rings. The van der Waals surface area contributed by atoms with Gasteiger partial charge in [0.25, 0.3) is 0 Å². The van der Waals surface area contributed by atoms with Crippen LogP contribution in [0.3, 0.4) is 0 Å². The van der Waals surface area contributed by atoms with E-state index in [2.05, 4.69) is 90.1 Å². The Balaban J connectivity index is 0.00000162. The van der Waals surface area contributed by atoms with Crippen LogP contribution in [0.25, 0.3) is 16.7 Å². The second kappa shape index (κ2) is 9.96. The van der Waals surface area contributed by atoms with E-state index in [1.165, 1.54) is 33.4 Å². The summed E-state index contributed by atoms with van der Waals surface area (Å²) in [4.78, 5) is 0. The molecule has 0 spiro atoms. The normalized spacial score (nSPS) is 14.3. The SMILES string of the molecule is CC(C)(C)c1ccc2c(c1)Cc1c-2ccc(C(C)(C)C)[c]1[Zr+2][C]1=C(c2ccoc2)C=CC1.[Cl-].[Cl-]. The Morgan fingerprint density at radius 2 is 1.59 bits per heavy atom. The van der Waals surface area contributed by atoms with Gasteiger partial charge in [-0.1, -0.05) is 0 Å². The standard InChI is InChI=1S/C21H25.C9H7O.2ClH.Zr/c1-20(2,3)16-7-9-18-14(12-16)11-15-13-17(21(4,5)6)8-10-19(15)18;1-2-4-8(3-1)9-5-6-10-7-9;;;/h7-10,12H,11H2,1-6H3;1,3,5-7H,2H2;2*1H;/q;;;;+2/p-2. The van der Waals surface area contributed by atoms with Crippen LogP contribution in [-0.2, 0) is 40.5 Å². The van der Waals surface area contributed by atoms with Gasteiger partial charge >= 0.3 is 205 Å². The molecule has 0 aliphatic heterocycles. The van der Waals surface area contributed by atoms with Gasteiger partial charge in [-0.3, -0.25) is 0 Å². The zero-order valence-electron chi connectivity index (χ0n) is 20.9. The molecule has 0 fully saturated rings. The maximum absolute atomic E-state index is 5.41. The predicted octanol–water partition coefficient (Wildman–Crippen LogP) is 1.53. The molecular formula is C30H32Cl2OZr. The molecule has 1 heterocycles. The number of hydrogen-bond acceptors (Lipinski definition) is 1. The van der Waals surface area contributed by atoms with Gasteiger partial charge in [0, 0.05) is 0 Å². The van der Waals surface area contributed by atoms with Gasteiger partial charge in [-0.2, -0.15) is 0 Å². The zero-order chi connectivity index (χ0) is 22.7. The van der Waals surface area contributed by atoms with Crippen LogP contribution in [0.1, 0.15) is 75.8 Å². The molecular weight excluding hydrogens is 538 g/mol. The van der Waals surface area contributed by atoms with Crippen molar-refractivity contribution in [3.05, 3.63) is 92.2 Å². The molecule has 3 aromatic rings. The smallest absolute Gasteiger partial charge is 1.00 e. The van der Waals surface area contributed by atoms with Crippen LogP contribution >= 0.6 is 0 Å². The maximum atomic E-state index is 5.41. The molecule has 0 saturated heterocycles. The summed E-state index contributed by atoms with van der Waals surface area (Å²) in [5.41, 5.74) is 12.0. The molecule has 1 aromatic heterocycles. The zero-order valence-corrected chi connectivity index (χ0v) is 24.8. The van der Waals surface area contributed by atoms with E-state index < -0.39 is 23.2 Å². The topological polar surface area (TPSA) is 13.1 Å². The van der Waals surface area contributed by atoms with Crippen molar-refractivity contribution in [2.75, 3.05) is 0 Å². The first-order valence-electron chi connectivity index (χ1n) is 11.6. The average molecular weight is 571 g/mol. The third-order valence-electron chi connectivity index (χ3n) is 6.79. The van der Waals surface area contributed by atoms with E-state index in [4.69, 9.17) is 4.42 Å². The monoisotopic (exact) mass is 568 g/mol. The fourth-order valence-electron chi connectivity index (χ4n) is 4.97. The molecule has 0 atom stereocenters. The quantitative estimate of drug-likeness (QED) is 0.365. The second-order valence-electron chi connectivity index (χ2n) is 11.2. The van der Waals surface area contributed by atoms with Crippen LogP contribution in [0, 0.1) is 0 Å². The minimum absolute atomic E-state index is 0. The molecule has 0 saturated carbocycles. The first-order chi connectivity index (χ1) is 15.1. The van der Waals surface area contributed by atoms with E-state index in [1.54, 1.807) is 23.9 Å². The van der Waals surface area contributed by atoms with Crippen molar-refractivity contribution in [1.82, 2.24) is 0 Å². The van der Waals surface area contributed by atoms with Crippen molar-refractivity contribution in [2.45, 2.75) is 65.2 Å². The van der Waals surface area contributed by atoms with Crippen molar-refractivity contribution < 1.29 is 52.5 Å². The van der Waals surface area contributed by atoms with Gasteiger partial charge in [-0.05, 0) is 0 Å². The third-order valence-corrected chi connectivity index (χ3v) is 10.7. The number of fused-ring (bicyclic) bond motifs is 3. The first-order valence-corrected chi connectivity index (χ1v) is 14.1. The number of benzene rings is 2. The average Bonchev–Trinajstić information content (AvgIpc) is 3.45. The fraction of sp³-hybridized carbons (Fsp3) is 0.333.